The summed E-state index contributed by atoms with van der Waals surface area (Å²) in [6, 6.07) is 14.3. The molecule has 0 radical (unpaired) electrons. The van der Waals surface area contributed by atoms with E-state index in [-0.39, 0.29) is 35.2 Å². The van der Waals surface area contributed by atoms with Crippen LogP contribution in [0.3, 0.4) is 0 Å². The van der Waals surface area contributed by atoms with Crippen LogP contribution in [0.25, 0.3) is 0 Å². The standard InChI is InChI=1S/C51H70O9S/c1-3-48(52)58-40-22-18-13-11-9-7-5-6-8-10-12-16-20-38-56-44-29-31-46(32-30-44)60-51(55)43-27-24-42(25-28-43)26-37-50(54)61-47-35-33-45(34-36-47)57-39-21-17-14-15-19-23-41-59-49(53)4-2/h3-4,24-25,27-28,33-36,44,46H,1-2,5-23,29-32,38-41H2. The second kappa shape index (κ2) is 33.3. The maximum Gasteiger partial charge on any atom is 0.338 e. The molecule has 1 fully saturated rings. The molecule has 1 saturated carbocycles. The zero-order chi connectivity index (χ0) is 43.6. The number of carbonyl (C=O) groups is 4. The predicted octanol–water partition coefficient (Wildman–Crippen LogP) is 12.1. The second-order valence-electron chi connectivity index (χ2n) is 15.7. The van der Waals surface area contributed by atoms with Crippen LogP contribution in [0.5, 0.6) is 5.75 Å². The summed E-state index contributed by atoms with van der Waals surface area (Å²) in [5.74, 6) is 5.32. The third-order valence-corrected chi connectivity index (χ3v) is 11.4. The summed E-state index contributed by atoms with van der Waals surface area (Å²) in [6.07, 6.45) is 28.1. The van der Waals surface area contributed by atoms with Crippen molar-refractivity contribution in [1.29, 1.82) is 0 Å². The summed E-state index contributed by atoms with van der Waals surface area (Å²) in [5.41, 5.74) is 1.13. The number of hydrogen-bond acceptors (Lipinski definition) is 10. The van der Waals surface area contributed by atoms with Gasteiger partial charge in [0.25, 0.3) is 5.12 Å². The number of unbranched alkanes of at least 4 members (excludes halogenated alkanes) is 17. The number of benzene rings is 2. The minimum Gasteiger partial charge on any atom is -0.494 e. The lowest BCUT2D eigenvalue weighted by molar-refractivity contribution is -0.138. The highest BCUT2D eigenvalue weighted by Crippen LogP contribution is 2.26. The summed E-state index contributed by atoms with van der Waals surface area (Å²) < 4.78 is 27.8. The highest BCUT2D eigenvalue weighted by molar-refractivity contribution is 8.14. The van der Waals surface area contributed by atoms with Crippen LogP contribution in [0.1, 0.15) is 164 Å². The Labute approximate surface area is 370 Å². The molecule has 1 aliphatic carbocycles. The fourth-order valence-electron chi connectivity index (χ4n) is 7.05. The van der Waals surface area contributed by atoms with E-state index in [2.05, 4.69) is 25.0 Å². The van der Waals surface area contributed by atoms with E-state index in [1.165, 1.54) is 76.4 Å². The molecular formula is C51H70O9S. The van der Waals surface area contributed by atoms with Crippen molar-refractivity contribution >= 4 is 34.8 Å². The van der Waals surface area contributed by atoms with Crippen molar-refractivity contribution in [2.45, 2.75) is 165 Å². The molecule has 0 bridgehead atoms. The molecule has 0 atom stereocenters. The van der Waals surface area contributed by atoms with Gasteiger partial charge in [-0.2, -0.15) is 0 Å². The van der Waals surface area contributed by atoms with Crippen LogP contribution >= 0.6 is 11.8 Å². The molecule has 0 amide bonds. The number of thioether (sulfide) groups is 1. The predicted molar refractivity (Wildman–Crippen MR) is 244 cm³/mol. The Balaban J connectivity index is 1.15. The van der Waals surface area contributed by atoms with Gasteiger partial charge in [0, 0.05) is 29.2 Å². The van der Waals surface area contributed by atoms with Gasteiger partial charge in [-0.15, -0.1) is 0 Å². The van der Waals surface area contributed by atoms with Crippen LogP contribution in [0.4, 0.5) is 0 Å². The SMILES string of the molecule is C=CC(=O)OCCCCCCCCCCCCCCCOC1CCC(OC(=O)c2ccc(C#CC(=O)Sc3ccc(OCCCCCCCCOC(=O)C=C)cc3)cc2)CC1. The maximum atomic E-state index is 12.8. The second-order valence-corrected chi connectivity index (χ2v) is 16.7. The highest BCUT2D eigenvalue weighted by Gasteiger charge is 2.25. The molecule has 1 aliphatic rings. The first kappa shape index (κ1) is 51.0. The van der Waals surface area contributed by atoms with Crippen LogP contribution in [-0.4, -0.2) is 61.7 Å². The summed E-state index contributed by atoms with van der Waals surface area (Å²) in [7, 11) is 0. The molecule has 10 heteroatoms. The zero-order valence-corrected chi connectivity index (χ0v) is 37.3. The third-order valence-electron chi connectivity index (χ3n) is 10.6. The molecule has 0 saturated heterocycles. The Morgan fingerprint density at radius 1 is 0.557 bits per heavy atom. The Hall–Kier alpha value is -4.33. The van der Waals surface area contributed by atoms with Crippen LogP contribution in [0.15, 0.2) is 78.7 Å². The van der Waals surface area contributed by atoms with Gasteiger partial charge in [0.05, 0.1) is 31.5 Å². The first-order valence-corrected chi connectivity index (χ1v) is 23.7. The Bertz CT molecular complexity index is 1620. The topological polar surface area (TPSA) is 114 Å². The van der Waals surface area contributed by atoms with Crippen molar-refractivity contribution in [3.05, 3.63) is 85.0 Å². The normalized spacial score (nSPS) is 14.6. The van der Waals surface area contributed by atoms with E-state index >= 15 is 0 Å². The molecule has 0 heterocycles. The van der Waals surface area contributed by atoms with Gasteiger partial charge in [0.15, 0.2) is 0 Å². The molecule has 0 aliphatic heterocycles. The van der Waals surface area contributed by atoms with E-state index in [0.29, 0.717) is 30.9 Å². The van der Waals surface area contributed by atoms with Crippen molar-refractivity contribution in [1.82, 2.24) is 0 Å². The van der Waals surface area contributed by atoms with Gasteiger partial charge < -0.3 is 23.7 Å². The first-order valence-electron chi connectivity index (χ1n) is 22.8. The molecule has 334 valence electrons. The van der Waals surface area contributed by atoms with Crippen LogP contribution in [0.2, 0.25) is 0 Å². The molecule has 3 rings (SSSR count). The minimum absolute atomic E-state index is 0.0991. The minimum atomic E-state index is -0.368. The number of ether oxygens (including phenoxy) is 5. The van der Waals surface area contributed by atoms with Gasteiger partial charge in [-0.25, -0.2) is 14.4 Å². The van der Waals surface area contributed by atoms with Gasteiger partial charge in [-0.1, -0.05) is 115 Å². The summed E-state index contributed by atoms with van der Waals surface area (Å²) >= 11 is 1.07. The van der Waals surface area contributed by atoms with E-state index in [9.17, 15) is 19.2 Å². The van der Waals surface area contributed by atoms with Gasteiger partial charge in [-0.3, -0.25) is 4.79 Å². The lowest BCUT2D eigenvalue weighted by Crippen LogP contribution is -2.28. The summed E-state index contributed by atoms with van der Waals surface area (Å²) in [4.78, 5) is 48.2. The van der Waals surface area contributed by atoms with Crippen molar-refractivity contribution in [3.8, 4) is 17.6 Å². The quantitative estimate of drug-likeness (QED) is 0.0176. The molecule has 2 aromatic carbocycles. The molecule has 0 unspecified atom stereocenters. The first-order chi connectivity index (χ1) is 29.9. The van der Waals surface area contributed by atoms with Gasteiger partial charge in [-0.05, 0) is 118 Å². The van der Waals surface area contributed by atoms with Crippen LogP contribution in [-0.2, 0) is 33.3 Å². The van der Waals surface area contributed by atoms with Crippen molar-refractivity contribution in [2.24, 2.45) is 0 Å². The van der Waals surface area contributed by atoms with Crippen molar-refractivity contribution < 1.29 is 42.9 Å². The van der Waals surface area contributed by atoms with Gasteiger partial charge in [0.2, 0.25) is 0 Å². The number of carbonyl (C=O) groups excluding carboxylic acids is 4. The largest absolute Gasteiger partial charge is 0.494 e. The highest BCUT2D eigenvalue weighted by atomic mass is 32.2. The van der Waals surface area contributed by atoms with Crippen molar-refractivity contribution in [3.63, 3.8) is 0 Å². The number of rotatable bonds is 32. The van der Waals surface area contributed by atoms with Crippen LogP contribution < -0.4 is 4.74 Å². The fraction of sp³-hybridized carbons (Fsp3) is 0.569. The lowest BCUT2D eigenvalue weighted by Gasteiger charge is -2.28. The molecule has 0 N–H and O–H groups in total. The number of esters is 3. The van der Waals surface area contributed by atoms with Gasteiger partial charge in [0.1, 0.15) is 11.9 Å². The fourth-order valence-corrected chi connectivity index (χ4v) is 7.64. The smallest absolute Gasteiger partial charge is 0.338 e. The molecular weight excluding hydrogens is 789 g/mol. The summed E-state index contributed by atoms with van der Waals surface area (Å²) in [6.45, 7) is 9.17. The Kier molecular flexibility index (Phi) is 27.9. The number of hydrogen-bond donors (Lipinski definition) is 0. The summed E-state index contributed by atoms with van der Waals surface area (Å²) in [5, 5.41) is -0.268. The van der Waals surface area contributed by atoms with E-state index in [1.807, 2.05) is 24.3 Å². The van der Waals surface area contributed by atoms with E-state index < -0.39 is 0 Å². The monoisotopic (exact) mass is 858 g/mol. The van der Waals surface area contributed by atoms with Gasteiger partial charge >= 0.3 is 17.9 Å². The molecule has 61 heavy (non-hydrogen) atoms. The lowest BCUT2D eigenvalue weighted by atomic mass is 9.95. The van der Waals surface area contributed by atoms with Crippen molar-refractivity contribution in [2.75, 3.05) is 26.4 Å². The average molecular weight is 859 g/mol. The molecule has 9 nitrogen and oxygen atoms in total. The van der Waals surface area contributed by atoms with E-state index in [0.717, 1.165) is 112 Å². The third kappa shape index (κ3) is 25.3. The molecule has 0 aromatic heterocycles. The van der Waals surface area contributed by atoms with Crippen LogP contribution in [0, 0.1) is 11.8 Å². The molecule has 2 aromatic rings. The zero-order valence-electron chi connectivity index (χ0n) is 36.5. The van der Waals surface area contributed by atoms with E-state index in [1.54, 1.807) is 24.3 Å². The van der Waals surface area contributed by atoms with E-state index in [4.69, 9.17) is 23.7 Å². The maximum absolute atomic E-state index is 12.8. The Morgan fingerprint density at radius 3 is 1.49 bits per heavy atom. The Morgan fingerprint density at radius 2 is 1.00 bits per heavy atom. The molecule has 0 spiro atoms. The average Bonchev–Trinajstić information content (AvgIpc) is 3.28.